The summed E-state index contributed by atoms with van der Waals surface area (Å²) in [5, 5.41) is 12.6. The number of anilines is 1. The normalized spacial score (nSPS) is 22.3. The van der Waals surface area contributed by atoms with Gasteiger partial charge in [-0.2, -0.15) is 0 Å². The average molecular weight is 288 g/mol. The molecule has 1 aliphatic rings. The molecule has 2 heterocycles. The van der Waals surface area contributed by atoms with E-state index in [9.17, 15) is 9.90 Å². The van der Waals surface area contributed by atoms with E-state index in [1.165, 1.54) is 0 Å². The van der Waals surface area contributed by atoms with Gasteiger partial charge in [0.1, 0.15) is 5.52 Å². The van der Waals surface area contributed by atoms with Crippen LogP contribution >= 0.6 is 0 Å². The van der Waals surface area contributed by atoms with Crippen molar-refractivity contribution in [3.05, 3.63) is 18.6 Å². The molecule has 0 bridgehead atoms. The molecular formula is C15H20N4O2. The van der Waals surface area contributed by atoms with E-state index in [-0.39, 0.29) is 11.8 Å². The minimum Gasteiger partial charge on any atom is -0.481 e. The standard InChI is InChI=1S/C15H20N4O2/c1-19-9-18-13-12(19)6-7-16-14(13)17-8-10-4-2-3-5-11(10)15(20)21/h6-7,9-11H,2-5,8H2,1H3,(H,16,17)(H,20,21). The molecule has 0 spiro atoms. The lowest BCUT2D eigenvalue weighted by Crippen LogP contribution is -2.31. The molecule has 2 aromatic rings. The first-order chi connectivity index (χ1) is 10.2. The Kier molecular flexibility index (Phi) is 3.77. The summed E-state index contributed by atoms with van der Waals surface area (Å²) in [5.74, 6) is -0.0143. The Bertz CT molecular complexity index is 652. The van der Waals surface area contributed by atoms with E-state index in [0.29, 0.717) is 6.54 Å². The number of fused-ring (bicyclic) bond motifs is 1. The van der Waals surface area contributed by atoms with Gasteiger partial charge in [-0.15, -0.1) is 0 Å². The number of hydrogen-bond donors (Lipinski definition) is 2. The molecule has 112 valence electrons. The van der Waals surface area contributed by atoms with Gasteiger partial charge in [-0.05, 0) is 24.8 Å². The minimum atomic E-state index is -0.675. The molecule has 0 aliphatic heterocycles. The third kappa shape index (κ3) is 2.70. The lowest BCUT2D eigenvalue weighted by molar-refractivity contribution is -0.144. The van der Waals surface area contributed by atoms with Gasteiger partial charge in [0.05, 0.1) is 17.8 Å². The van der Waals surface area contributed by atoms with E-state index in [2.05, 4.69) is 15.3 Å². The Morgan fingerprint density at radius 1 is 1.43 bits per heavy atom. The quantitative estimate of drug-likeness (QED) is 0.902. The summed E-state index contributed by atoms with van der Waals surface area (Å²) < 4.78 is 1.95. The van der Waals surface area contributed by atoms with Crippen LogP contribution in [0, 0.1) is 11.8 Å². The number of nitrogens with one attached hydrogen (secondary N) is 1. The number of aryl methyl sites for hydroxylation is 1. The fourth-order valence-corrected chi connectivity index (χ4v) is 3.20. The van der Waals surface area contributed by atoms with Gasteiger partial charge in [0.2, 0.25) is 0 Å². The molecule has 6 heteroatoms. The van der Waals surface area contributed by atoms with Gasteiger partial charge < -0.3 is 15.0 Å². The fraction of sp³-hybridized carbons (Fsp3) is 0.533. The number of aromatic nitrogens is 3. The zero-order chi connectivity index (χ0) is 14.8. The van der Waals surface area contributed by atoms with Gasteiger partial charge in [-0.25, -0.2) is 9.97 Å². The van der Waals surface area contributed by atoms with E-state index >= 15 is 0 Å². The van der Waals surface area contributed by atoms with Crippen LogP contribution in [-0.2, 0) is 11.8 Å². The summed E-state index contributed by atoms with van der Waals surface area (Å²) in [5.41, 5.74) is 1.86. The second-order valence-electron chi connectivity index (χ2n) is 5.75. The molecule has 6 nitrogen and oxygen atoms in total. The fourth-order valence-electron chi connectivity index (χ4n) is 3.20. The predicted octanol–water partition coefficient (Wildman–Crippen LogP) is 2.27. The summed E-state index contributed by atoms with van der Waals surface area (Å²) in [6.45, 7) is 0.639. The van der Waals surface area contributed by atoms with Crippen LogP contribution in [0.15, 0.2) is 18.6 Å². The molecule has 0 radical (unpaired) electrons. The number of hydrogen-bond acceptors (Lipinski definition) is 4. The Balaban J connectivity index is 1.75. The molecule has 1 saturated carbocycles. The molecule has 2 N–H and O–H groups in total. The van der Waals surface area contributed by atoms with Gasteiger partial charge >= 0.3 is 5.97 Å². The molecule has 21 heavy (non-hydrogen) atoms. The maximum absolute atomic E-state index is 11.3. The van der Waals surface area contributed by atoms with Crippen molar-refractivity contribution in [1.29, 1.82) is 0 Å². The van der Waals surface area contributed by atoms with Gasteiger partial charge in [-0.3, -0.25) is 4.79 Å². The number of nitrogens with zero attached hydrogens (tertiary/aromatic N) is 3. The van der Waals surface area contributed by atoms with Crippen molar-refractivity contribution >= 4 is 22.8 Å². The highest BCUT2D eigenvalue weighted by Crippen LogP contribution is 2.30. The zero-order valence-electron chi connectivity index (χ0n) is 12.1. The summed E-state index contributed by atoms with van der Waals surface area (Å²) in [6.07, 6.45) is 7.38. The van der Waals surface area contributed by atoms with Crippen LogP contribution in [0.25, 0.3) is 11.0 Å². The van der Waals surface area contributed by atoms with Crippen molar-refractivity contribution in [2.24, 2.45) is 18.9 Å². The summed E-state index contributed by atoms with van der Waals surface area (Å²) in [7, 11) is 1.95. The van der Waals surface area contributed by atoms with Crippen molar-refractivity contribution in [1.82, 2.24) is 14.5 Å². The number of carboxylic acid groups (broad SMARTS) is 1. The molecule has 2 atom stereocenters. The number of imidazole rings is 1. The van der Waals surface area contributed by atoms with Gasteiger partial charge in [-0.1, -0.05) is 12.8 Å². The molecule has 0 saturated heterocycles. The predicted molar refractivity (Wildman–Crippen MR) is 80.1 cm³/mol. The van der Waals surface area contributed by atoms with Crippen molar-refractivity contribution in [3.8, 4) is 0 Å². The van der Waals surface area contributed by atoms with Crippen LogP contribution < -0.4 is 5.32 Å². The molecular weight excluding hydrogens is 268 g/mol. The Hall–Kier alpha value is -2.11. The number of rotatable bonds is 4. The van der Waals surface area contributed by atoms with Crippen LogP contribution in [0.1, 0.15) is 25.7 Å². The lowest BCUT2D eigenvalue weighted by Gasteiger charge is -2.28. The summed E-state index contributed by atoms with van der Waals surface area (Å²) in [4.78, 5) is 20.0. The molecule has 1 fully saturated rings. The highest BCUT2D eigenvalue weighted by atomic mass is 16.4. The first kappa shape index (κ1) is 13.9. The van der Waals surface area contributed by atoms with E-state index in [1.54, 1.807) is 12.5 Å². The Morgan fingerprint density at radius 3 is 3.05 bits per heavy atom. The Labute approximate surface area is 123 Å². The number of carboxylic acids is 1. The maximum Gasteiger partial charge on any atom is 0.306 e. The minimum absolute atomic E-state index is 0.164. The molecule has 0 amide bonds. The summed E-state index contributed by atoms with van der Waals surface area (Å²) in [6, 6.07) is 1.92. The van der Waals surface area contributed by atoms with Crippen LogP contribution in [0.4, 0.5) is 5.82 Å². The van der Waals surface area contributed by atoms with Gasteiger partial charge in [0.25, 0.3) is 0 Å². The maximum atomic E-state index is 11.3. The molecule has 3 rings (SSSR count). The van der Waals surface area contributed by atoms with Crippen LogP contribution in [-0.4, -0.2) is 32.2 Å². The molecule has 0 aromatic carbocycles. The van der Waals surface area contributed by atoms with Crippen molar-refractivity contribution in [3.63, 3.8) is 0 Å². The number of aliphatic carboxylic acids is 1. The molecule has 2 aromatic heterocycles. The molecule has 1 aliphatic carbocycles. The van der Waals surface area contributed by atoms with E-state index in [1.807, 2.05) is 17.7 Å². The molecule has 2 unspecified atom stereocenters. The topological polar surface area (TPSA) is 80.0 Å². The largest absolute Gasteiger partial charge is 0.481 e. The third-order valence-electron chi connectivity index (χ3n) is 4.40. The zero-order valence-corrected chi connectivity index (χ0v) is 12.1. The highest BCUT2D eigenvalue weighted by molar-refractivity contribution is 5.85. The van der Waals surface area contributed by atoms with Gasteiger partial charge in [0.15, 0.2) is 5.82 Å². The van der Waals surface area contributed by atoms with Crippen LogP contribution in [0.2, 0.25) is 0 Å². The average Bonchev–Trinajstić information content (AvgIpc) is 2.87. The second kappa shape index (κ2) is 5.71. The van der Waals surface area contributed by atoms with Crippen molar-refractivity contribution in [2.45, 2.75) is 25.7 Å². The van der Waals surface area contributed by atoms with Crippen LogP contribution in [0.5, 0.6) is 0 Å². The van der Waals surface area contributed by atoms with Crippen molar-refractivity contribution < 1.29 is 9.90 Å². The number of carbonyl (C=O) groups is 1. The Morgan fingerprint density at radius 2 is 2.24 bits per heavy atom. The first-order valence-corrected chi connectivity index (χ1v) is 7.39. The highest BCUT2D eigenvalue weighted by Gasteiger charge is 2.30. The summed E-state index contributed by atoms with van der Waals surface area (Å²) >= 11 is 0. The van der Waals surface area contributed by atoms with E-state index in [0.717, 1.165) is 42.5 Å². The third-order valence-corrected chi connectivity index (χ3v) is 4.40. The first-order valence-electron chi connectivity index (χ1n) is 7.39. The van der Waals surface area contributed by atoms with E-state index < -0.39 is 5.97 Å². The van der Waals surface area contributed by atoms with Crippen molar-refractivity contribution in [2.75, 3.05) is 11.9 Å². The lowest BCUT2D eigenvalue weighted by atomic mass is 9.79. The van der Waals surface area contributed by atoms with Crippen LogP contribution in [0.3, 0.4) is 0 Å². The smallest absolute Gasteiger partial charge is 0.306 e. The SMILES string of the molecule is Cn1cnc2c(NCC3CCCCC3C(=O)O)nccc21. The van der Waals surface area contributed by atoms with E-state index in [4.69, 9.17) is 0 Å². The monoisotopic (exact) mass is 288 g/mol. The second-order valence-corrected chi connectivity index (χ2v) is 5.75. The number of pyridine rings is 1. The van der Waals surface area contributed by atoms with Gasteiger partial charge in [0, 0.05) is 19.8 Å².